The van der Waals surface area contributed by atoms with Crippen molar-refractivity contribution in [3.05, 3.63) is 0 Å². The van der Waals surface area contributed by atoms with Gasteiger partial charge in [0.1, 0.15) is 18.1 Å². The van der Waals surface area contributed by atoms with Crippen molar-refractivity contribution in [3.8, 4) is 0 Å². The predicted molar refractivity (Wildman–Crippen MR) is 66.7 cm³/mol. The van der Waals surface area contributed by atoms with Gasteiger partial charge in [0.15, 0.2) is 11.9 Å². The summed E-state index contributed by atoms with van der Waals surface area (Å²) in [5.41, 5.74) is 0. The van der Waals surface area contributed by atoms with E-state index in [1.165, 1.54) is 14.2 Å². The first kappa shape index (κ1) is 14.7. The molecule has 3 saturated heterocycles. The third kappa shape index (κ3) is 2.22. The number of rotatable bonds is 2. The van der Waals surface area contributed by atoms with Crippen molar-refractivity contribution in [2.45, 2.75) is 44.0 Å². The first-order valence-corrected chi connectivity index (χ1v) is 6.82. The van der Waals surface area contributed by atoms with Crippen LogP contribution in [-0.2, 0) is 33.4 Å². The van der Waals surface area contributed by atoms with Gasteiger partial charge in [-0.05, 0) is 13.8 Å². The highest BCUT2D eigenvalue weighted by atomic mass is 16.8. The zero-order valence-corrected chi connectivity index (χ0v) is 12.4. The van der Waals surface area contributed by atoms with Crippen LogP contribution in [0, 0.1) is 5.92 Å². The standard InChI is InChI=1S/C13H19NO7/c1-13(2)19-6-5-14-8(9(6)20-13)7(11(15)17-3)10(21-14)12(16)18-4/h6-10H,5H2,1-4H3/t6-,7-,8+,9-,10+/m1/s1. The molecule has 0 aromatic carbocycles. The Labute approximate surface area is 122 Å². The van der Waals surface area contributed by atoms with Gasteiger partial charge in [-0.2, -0.15) is 5.06 Å². The van der Waals surface area contributed by atoms with E-state index < -0.39 is 35.8 Å². The summed E-state index contributed by atoms with van der Waals surface area (Å²) in [6.45, 7) is 4.06. The molecule has 3 aliphatic heterocycles. The molecule has 0 aliphatic carbocycles. The average Bonchev–Trinajstić information content (AvgIpc) is 3.02. The van der Waals surface area contributed by atoms with E-state index in [0.29, 0.717) is 6.54 Å². The molecule has 118 valence electrons. The number of methoxy groups -OCH3 is 2. The second-order valence-electron chi connectivity index (χ2n) is 5.83. The van der Waals surface area contributed by atoms with Crippen LogP contribution in [0.4, 0.5) is 0 Å². The van der Waals surface area contributed by atoms with E-state index in [1.807, 2.05) is 13.8 Å². The number of hydrogen-bond acceptors (Lipinski definition) is 8. The predicted octanol–water partition coefficient (Wildman–Crippen LogP) is -0.533. The van der Waals surface area contributed by atoms with Gasteiger partial charge in [0.2, 0.25) is 0 Å². The van der Waals surface area contributed by atoms with E-state index in [1.54, 1.807) is 5.06 Å². The second-order valence-corrected chi connectivity index (χ2v) is 5.83. The van der Waals surface area contributed by atoms with Gasteiger partial charge in [-0.25, -0.2) is 4.79 Å². The van der Waals surface area contributed by atoms with Crippen molar-refractivity contribution in [2.24, 2.45) is 5.92 Å². The molecular formula is C13H19NO7. The van der Waals surface area contributed by atoms with E-state index in [-0.39, 0.29) is 12.2 Å². The molecule has 3 aliphatic rings. The summed E-state index contributed by atoms with van der Waals surface area (Å²) in [5, 5.41) is 1.58. The number of esters is 2. The summed E-state index contributed by atoms with van der Waals surface area (Å²) in [5.74, 6) is -2.64. The zero-order chi connectivity index (χ0) is 15.4. The lowest BCUT2D eigenvalue weighted by Gasteiger charge is -2.24. The lowest BCUT2D eigenvalue weighted by Crippen LogP contribution is -2.44. The zero-order valence-electron chi connectivity index (χ0n) is 12.4. The van der Waals surface area contributed by atoms with Crippen LogP contribution in [0.2, 0.25) is 0 Å². The molecule has 0 aromatic heterocycles. The van der Waals surface area contributed by atoms with Gasteiger partial charge in [0, 0.05) is 0 Å². The normalized spacial score (nSPS) is 40.7. The van der Waals surface area contributed by atoms with Crippen LogP contribution in [0.1, 0.15) is 13.8 Å². The highest BCUT2D eigenvalue weighted by Gasteiger charge is 2.64. The number of hydrogen-bond donors (Lipinski definition) is 0. The minimum absolute atomic E-state index is 0.198. The summed E-state index contributed by atoms with van der Waals surface area (Å²) >= 11 is 0. The maximum atomic E-state index is 12.1. The van der Waals surface area contributed by atoms with Gasteiger partial charge in [0.05, 0.1) is 26.8 Å². The van der Waals surface area contributed by atoms with Crippen LogP contribution in [0.25, 0.3) is 0 Å². The maximum Gasteiger partial charge on any atom is 0.338 e. The third-order valence-corrected chi connectivity index (χ3v) is 4.10. The Morgan fingerprint density at radius 1 is 1.14 bits per heavy atom. The van der Waals surface area contributed by atoms with Crippen LogP contribution in [0.3, 0.4) is 0 Å². The van der Waals surface area contributed by atoms with Gasteiger partial charge in [-0.1, -0.05) is 0 Å². The van der Waals surface area contributed by atoms with Gasteiger partial charge in [0.25, 0.3) is 0 Å². The monoisotopic (exact) mass is 301 g/mol. The molecule has 0 radical (unpaired) electrons. The highest BCUT2D eigenvalue weighted by Crippen LogP contribution is 2.44. The lowest BCUT2D eigenvalue weighted by atomic mass is 9.91. The summed E-state index contributed by atoms with van der Waals surface area (Å²) in [4.78, 5) is 29.5. The van der Waals surface area contributed by atoms with Crippen molar-refractivity contribution in [1.82, 2.24) is 5.06 Å². The molecule has 3 heterocycles. The maximum absolute atomic E-state index is 12.1. The van der Waals surface area contributed by atoms with Crippen LogP contribution >= 0.6 is 0 Å². The Balaban J connectivity index is 1.88. The summed E-state index contributed by atoms with van der Waals surface area (Å²) < 4.78 is 21.2. The molecule has 0 N–H and O–H groups in total. The fourth-order valence-electron chi connectivity index (χ4n) is 3.35. The third-order valence-electron chi connectivity index (χ3n) is 4.10. The average molecular weight is 301 g/mol. The molecule has 3 fully saturated rings. The quantitative estimate of drug-likeness (QED) is 0.629. The van der Waals surface area contributed by atoms with Gasteiger partial charge >= 0.3 is 11.9 Å². The minimum Gasteiger partial charge on any atom is -0.469 e. The Kier molecular flexibility index (Phi) is 3.44. The largest absolute Gasteiger partial charge is 0.469 e. The fraction of sp³-hybridized carbons (Fsp3) is 0.846. The Morgan fingerprint density at radius 3 is 2.43 bits per heavy atom. The van der Waals surface area contributed by atoms with Crippen LogP contribution in [-0.4, -0.2) is 67.9 Å². The Hall–Kier alpha value is -1.22. The van der Waals surface area contributed by atoms with Crippen molar-refractivity contribution >= 4 is 11.9 Å². The Morgan fingerprint density at radius 2 is 1.81 bits per heavy atom. The SMILES string of the molecule is COC(=O)[C@@H]1[C@H]2[C@@H]3OC(C)(C)O[C@@H]3CN2O[C@@H]1C(=O)OC. The molecule has 3 rings (SSSR count). The van der Waals surface area contributed by atoms with Gasteiger partial charge in [-0.3, -0.25) is 9.63 Å². The first-order valence-electron chi connectivity index (χ1n) is 6.82. The number of hydroxylamine groups is 2. The van der Waals surface area contributed by atoms with Crippen LogP contribution in [0.15, 0.2) is 0 Å². The van der Waals surface area contributed by atoms with Crippen LogP contribution in [0.5, 0.6) is 0 Å². The molecule has 0 amide bonds. The number of carbonyl (C=O) groups excluding carboxylic acids is 2. The molecule has 8 heteroatoms. The highest BCUT2D eigenvalue weighted by molar-refractivity contribution is 5.85. The molecule has 0 bridgehead atoms. The molecule has 0 spiro atoms. The molecule has 8 nitrogen and oxygen atoms in total. The minimum atomic E-state index is -1.01. The van der Waals surface area contributed by atoms with Crippen molar-refractivity contribution < 1.29 is 33.4 Å². The van der Waals surface area contributed by atoms with Crippen molar-refractivity contribution in [1.29, 1.82) is 0 Å². The summed E-state index contributed by atoms with van der Waals surface area (Å²) in [6, 6.07) is -0.423. The second kappa shape index (κ2) is 4.91. The molecule has 0 unspecified atom stereocenters. The van der Waals surface area contributed by atoms with Crippen molar-refractivity contribution in [2.75, 3.05) is 20.8 Å². The molecule has 5 atom stereocenters. The summed E-state index contributed by atoms with van der Waals surface area (Å²) in [6.07, 6.45) is -1.56. The number of ether oxygens (including phenoxy) is 4. The van der Waals surface area contributed by atoms with E-state index >= 15 is 0 Å². The van der Waals surface area contributed by atoms with Crippen molar-refractivity contribution in [3.63, 3.8) is 0 Å². The van der Waals surface area contributed by atoms with Crippen LogP contribution < -0.4 is 0 Å². The smallest absolute Gasteiger partial charge is 0.338 e. The van der Waals surface area contributed by atoms with E-state index in [0.717, 1.165) is 0 Å². The number of fused-ring (bicyclic) bond motifs is 3. The van der Waals surface area contributed by atoms with E-state index in [9.17, 15) is 9.59 Å². The molecule has 21 heavy (non-hydrogen) atoms. The molecular weight excluding hydrogens is 282 g/mol. The lowest BCUT2D eigenvalue weighted by molar-refractivity contribution is -0.209. The van der Waals surface area contributed by atoms with Gasteiger partial charge in [-0.15, -0.1) is 0 Å². The molecule has 0 saturated carbocycles. The summed E-state index contributed by atoms with van der Waals surface area (Å²) in [7, 11) is 2.53. The fourth-order valence-corrected chi connectivity index (χ4v) is 3.35. The molecule has 0 aromatic rings. The Bertz CT molecular complexity index is 465. The van der Waals surface area contributed by atoms with Gasteiger partial charge < -0.3 is 18.9 Å². The number of nitrogens with zero attached hydrogens (tertiary/aromatic N) is 1. The number of carbonyl (C=O) groups is 2. The first-order chi connectivity index (χ1) is 9.88. The van der Waals surface area contributed by atoms with E-state index in [2.05, 4.69) is 0 Å². The topological polar surface area (TPSA) is 83.5 Å². The van der Waals surface area contributed by atoms with E-state index in [4.69, 9.17) is 23.8 Å².